The van der Waals surface area contributed by atoms with Gasteiger partial charge in [-0.2, -0.15) is 13.5 Å². The number of benzene rings is 1. The number of ether oxygens (including phenoxy) is 1. The van der Waals surface area contributed by atoms with Crippen molar-refractivity contribution in [2.24, 2.45) is 0 Å². The quantitative estimate of drug-likeness (QED) is 0.592. The third kappa shape index (κ3) is 4.05. The van der Waals surface area contributed by atoms with Crippen molar-refractivity contribution in [3.63, 3.8) is 0 Å². The molecule has 1 aromatic carbocycles. The van der Waals surface area contributed by atoms with Gasteiger partial charge in [0.25, 0.3) is 10.0 Å². The Morgan fingerprint density at radius 3 is 2.69 bits per heavy atom. The van der Waals surface area contributed by atoms with Crippen molar-refractivity contribution < 1.29 is 17.9 Å². The molecular weight excluding hydrogens is 430 g/mol. The van der Waals surface area contributed by atoms with Crippen LogP contribution in [0.15, 0.2) is 47.8 Å². The molecule has 1 saturated carbocycles. The molecule has 2 aliphatic rings. The molecule has 2 amide bonds. The molecule has 0 radical (unpaired) electrons. The van der Waals surface area contributed by atoms with Crippen LogP contribution in [0, 0.1) is 0 Å². The van der Waals surface area contributed by atoms with E-state index < -0.39 is 16.1 Å². The molecular formula is C22H23N5O4S. The highest BCUT2D eigenvalue weighted by Gasteiger charge is 2.28. The zero-order valence-electron chi connectivity index (χ0n) is 17.5. The fourth-order valence-corrected chi connectivity index (χ4v) is 4.82. The summed E-state index contributed by atoms with van der Waals surface area (Å²) < 4.78 is 34.2. The number of aryl methyl sites for hydroxylation is 2. The molecule has 2 aliphatic carbocycles. The van der Waals surface area contributed by atoms with Crippen LogP contribution in [0.25, 0.3) is 11.1 Å². The van der Waals surface area contributed by atoms with Crippen molar-refractivity contribution in [2.45, 2.75) is 43.2 Å². The van der Waals surface area contributed by atoms with Gasteiger partial charge in [-0.15, -0.1) is 0 Å². The number of pyridine rings is 1. The van der Waals surface area contributed by atoms with E-state index in [0.717, 1.165) is 48.8 Å². The topological polar surface area (TPSA) is 115 Å². The van der Waals surface area contributed by atoms with Gasteiger partial charge in [-0.05, 0) is 73.1 Å². The highest BCUT2D eigenvalue weighted by molar-refractivity contribution is 7.90. The van der Waals surface area contributed by atoms with Crippen LogP contribution in [-0.2, 0) is 22.9 Å². The summed E-state index contributed by atoms with van der Waals surface area (Å²) in [5.74, 6) is 0.451. The number of rotatable bonds is 6. The summed E-state index contributed by atoms with van der Waals surface area (Å²) in [5, 5.41) is 6.65. The Bertz CT molecular complexity index is 1300. The van der Waals surface area contributed by atoms with Gasteiger partial charge in [0, 0.05) is 24.0 Å². The van der Waals surface area contributed by atoms with E-state index in [1.807, 2.05) is 18.2 Å². The zero-order valence-corrected chi connectivity index (χ0v) is 18.4. The number of anilines is 1. The Kier molecular flexibility index (Phi) is 5.09. The van der Waals surface area contributed by atoms with E-state index in [1.54, 1.807) is 23.1 Å². The van der Waals surface area contributed by atoms with Gasteiger partial charge in [0.2, 0.25) is 5.88 Å². The maximum atomic E-state index is 12.7. The predicted molar refractivity (Wildman–Crippen MR) is 118 cm³/mol. The molecule has 166 valence electrons. The van der Waals surface area contributed by atoms with Gasteiger partial charge in [-0.3, -0.25) is 4.68 Å². The summed E-state index contributed by atoms with van der Waals surface area (Å²) in [6, 6.07) is 8.37. The number of carbonyl (C=O) groups is 1. The standard InChI is InChI=1S/C22H23N5O4S/c1-31-20-13-16(7-9-23-20)18-11-14-3-2-4-15(14)12-19(18)24-22(28)26-32(29,30)21-8-10-27(25-21)17-5-6-17/h7-13,17H,2-6H2,1H3,(H2,24,26,28). The van der Waals surface area contributed by atoms with Gasteiger partial charge in [-0.25, -0.2) is 14.5 Å². The first-order valence-electron chi connectivity index (χ1n) is 10.5. The summed E-state index contributed by atoms with van der Waals surface area (Å²) in [7, 11) is -2.55. The lowest BCUT2D eigenvalue weighted by atomic mass is 9.99. The smallest absolute Gasteiger partial charge is 0.333 e. The van der Waals surface area contributed by atoms with Gasteiger partial charge in [-0.1, -0.05) is 0 Å². The van der Waals surface area contributed by atoms with E-state index in [4.69, 9.17) is 4.74 Å². The molecule has 0 aliphatic heterocycles. The molecule has 0 atom stereocenters. The van der Waals surface area contributed by atoms with Crippen LogP contribution in [0.2, 0.25) is 0 Å². The minimum atomic E-state index is -4.09. The SMILES string of the molecule is COc1cc(-c2cc3c(cc2NC(=O)NS(=O)(=O)c2ccn(C4CC4)n2)CCC3)ccn1. The van der Waals surface area contributed by atoms with Crippen LogP contribution in [0.3, 0.4) is 0 Å². The van der Waals surface area contributed by atoms with Gasteiger partial charge in [0.05, 0.1) is 18.8 Å². The molecule has 0 spiro atoms. The van der Waals surface area contributed by atoms with Gasteiger partial charge < -0.3 is 10.1 Å². The van der Waals surface area contributed by atoms with Gasteiger partial charge >= 0.3 is 6.03 Å². The average molecular weight is 454 g/mol. The third-order valence-corrected chi connectivity index (χ3v) is 6.96. The summed E-state index contributed by atoms with van der Waals surface area (Å²) in [4.78, 5) is 16.8. The number of fused-ring (bicyclic) bond motifs is 1. The number of sulfonamides is 1. The first kappa shape index (κ1) is 20.5. The minimum absolute atomic E-state index is 0.174. The molecule has 3 aromatic rings. The van der Waals surface area contributed by atoms with Crippen molar-refractivity contribution in [1.82, 2.24) is 19.5 Å². The monoisotopic (exact) mass is 453 g/mol. The van der Waals surface area contributed by atoms with Crippen molar-refractivity contribution >= 4 is 21.7 Å². The Morgan fingerprint density at radius 2 is 1.94 bits per heavy atom. The van der Waals surface area contributed by atoms with E-state index in [2.05, 4.69) is 20.1 Å². The molecule has 2 aromatic heterocycles. The number of aromatic nitrogens is 3. The summed E-state index contributed by atoms with van der Waals surface area (Å²) >= 11 is 0. The van der Waals surface area contributed by atoms with E-state index in [1.165, 1.54) is 18.7 Å². The second-order valence-electron chi connectivity index (χ2n) is 8.03. The number of methoxy groups -OCH3 is 1. The van der Waals surface area contributed by atoms with E-state index in [-0.39, 0.29) is 11.1 Å². The van der Waals surface area contributed by atoms with E-state index in [0.29, 0.717) is 11.6 Å². The lowest BCUT2D eigenvalue weighted by Crippen LogP contribution is -2.34. The highest BCUT2D eigenvalue weighted by atomic mass is 32.2. The van der Waals surface area contributed by atoms with Crippen molar-refractivity contribution in [3.8, 4) is 17.0 Å². The number of hydrogen-bond donors (Lipinski definition) is 2. The first-order chi connectivity index (χ1) is 15.4. The average Bonchev–Trinajstić information content (AvgIpc) is 3.30. The maximum Gasteiger partial charge on any atom is 0.333 e. The summed E-state index contributed by atoms with van der Waals surface area (Å²) in [6.07, 6.45) is 8.15. The Morgan fingerprint density at radius 1 is 1.16 bits per heavy atom. The molecule has 1 fully saturated rings. The van der Waals surface area contributed by atoms with Crippen molar-refractivity contribution in [1.29, 1.82) is 0 Å². The zero-order chi connectivity index (χ0) is 22.3. The van der Waals surface area contributed by atoms with Gasteiger partial charge in [0.15, 0.2) is 5.03 Å². The molecule has 0 unspecified atom stereocenters. The number of amides is 2. The first-order valence-corrected chi connectivity index (χ1v) is 12.0. The Hall–Kier alpha value is -3.40. The molecule has 32 heavy (non-hydrogen) atoms. The molecule has 5 rings (SSSR count). The van der Waals surface area contributed by atoms with Crippen LogP contribution in [0.1, 0.15) is 36.4 Å². The van der Waals surface area contributed by atoms with Crippen LogP contribution >= 0.6 is 0 Å². The van der Waals surface area contributed by atoms with Crippen molar-refractivity contribution in [3.05, 3.63) is 53.9 Å². The lowest BCUT2D eigenvalue weighted by Gasteiger charge is -2.15. The number of urea groups is 1. The largest absolute Gasteiger partial charge is 0.481 e. The fraction of sp³-hybridized carbons (Fsp3) is 0.318. The normalized spacial score (nSPS) is 15.3. The second-order valence-corrected chi connectivity index (χ2v) is 9.66. The molecule has 10 heteroatoms. The molecule has 2 heterocycles. The number of nitrogens with zero attached hydrogens (tertiary/aromatic N) is 3. The third-order valence-electron chi connectivity index (χ3n) is 5.74. The minimum Gasteiger partial charge on any atom is -0.481 e. The van der Waals surface area contributed by atoms with Crippen LogP contribution in [0.5, 0.6) is 5.88 Å². The lowest BCUT2D eigenvalue weighted by molar-refractivity contribution is 0.256. The Labute approximate surface area is 185 Å². The number of nitrogens with one attached hydrogen (secondary N) is 2. The second kappa shape index (κ2) is 7.94. The van der Waals surface area contributed by atoms with Crippen LogP contribution in [-0.4, -0.2) is 36.3 Å². The molecule has 0 saturated heterocycles. The number of hydrogen-bond acceptors (Lipinski definition) is 6. The van der Waals surface area contributed by atoms with Crippen molar-refractivity contribution in [2.75, 3.05) is 12.4 Å². The maximum absolute atomic E-state index is 12.7. The number of carbonyl (C=O) groups excluding carboxylic acids is 1. The Balaban J connectivity index is 1.41. The predicted octanol–water partition coefficient (Wildman–Crippen LogP) is 3.29. The fourth-order valence-electron chi connectivity index (χ4n) is 3.98. The summed E-state index contributed by atoms with van der Waals surface area (Å²) in [5.41, 5.74) is 4.48. The molecule has 0 bridgehead atoms. The molecule has 9 nitrogen and oxygen atoms in total. The molecule has 2 N–H and O–H groups in total. The van der Waals surface area contributed by atoms with Gasteiger partial charge in [0.1, 0.15) is 0 Å². The highest BCUT2D eigenvalue weighted by Crippen LogP contribution is 2.36. The van der Waals surface area contributed by atoms with Crippen LogP contribution in [0.4, 0.5) is 10.5 Å². The van der Waals surface area contributed by atoms with Crippen LogP contribution < -0.4 is 14.8 Å². The van der Waals surface area contributed by atoms with E-state index in [9.17, 15) is 13.2 Å². The van der Waals surface area contributed by atoms with E-state index >= 15 is 0 Å². The summed E-state index contributed by atoms with van der Waals surface area (Å²) in [6.45, 7) is 0.